The van der Waals surface area contributed by atoms with Crippen molar-refractivity contribution in [2.24, 2.45) is 0 Å². The van der Waals surface area contributed by atoms with Gasteiger partial charge >= 0.3 is 0 Å². The fourth-order valence-corrected chi connectivity index (χ4v) is 1.48. The molecule has 0 radical (unpaired) electrons. The highest BCUT2D eigenvalue weighted by Gasteiger charge is 2.05. The van der Waals surface area contributed by atoms with Gasteiger partial charge in [0, 0.05) is 32.5 Å². The molecule has 1 aromatic rings. The second-order valence-corrected chi connectivity index (χ2v) is 3.39. The van der Waals surface area contributed by atoms with Crippen molar-refractivity contribution >= 4 is 5.95 Å². The molecule has 0 spiro atoms. The highest BCUT2D eigenvalue weighted by atomic mass is 15.3. The maximum absolute atomic E-state index is 4.33. The minimum Gasteiger partial charge on any atom is -0.345 e. The fraction of sp³-hybridized carbons (Fsp3) is 0.700. The van der Waals surface area contributed by atoms with Gasteiger partial charge in [-0.05, 0) is 26.9 Å². The second kappa shape index (κ2) is 5.65. The SMILES string of the molecule is CCn1ccnc1N(C)CCCNC. The number of aromatic nitrogens is 2. The van der Waals surface area contributed by atoms with Crippen molar-refractivity contribution in [1.82, 2.24) is 14.9 Å². The van der Waals surface area contributed by atoms with Crippen LogP contribution in [0.15, 0.2) is 12.4 Å². The van der Waals surface area contributed by atoms with E-state index in [0.717, 1.165) is 32.0 Å². The molecule has 14 heavy (non-hydrogen) atoms. The quantitative estimate of drug-likeness (QED) is 0.688. The van der Waals surface area contributed by atoms with Crippen molar-refractivity contribution in [3.8, 4) is 0 Å². The Morgan fingerprint density at radius 3 is 3.00 bits per heavy atom. The molecule has 80 valence electrons. The minimum absolute atomic E-state index is 0.978. The molecule has 1 rings (SSSR count). The van der Waals surface area contributed by atoms with E-state index in [9.17, 15) is 0 Å². The lowest BCUT2D eigenvalue weighted by molar-refractivity contribution is 0.678. The number of hydrogen-bond acceptors (Lipinski definition) is 3. The number of aryl methyl sites for hydroxylation is 1. The Morgan fingerprint density at radius 1 is 1.57 bits per heavy atom. The third-order valence-electron chi connectivity index (χ3n) is 2.30. The van der Waals surface area contributed by atoms with E-state index in [1.165, 1.54) is 0 Å². The molecule has 0 amide bonds. The van der Waals surface area contributed by atoms with Gasteiger partial charge in [0.2, 0.25) is 5.95 Å². The number of anilines is 1. The van der Waals surface area contributed by atoms with E-state index < -0.39 is 0 Å². The van der Waals surface area contributed by atoms with Crippen LogP contribution < -0.4 is 10.2 Å². The maximum Gasteiger partial charge on any atom is 0.205 e. The van der Waals surface area contributed by atoms with Crippen LogP contribution in [0.4, 0.5) is 5.95 Å². The van der Waals surface area contributed by atoms with Crippen LogP contribution in [0.5, 0.6) is 0 Å². The molecule has 0 saturated carbocycles. The predicted octanol–water partition coefficient (Wildman–Crippen LogP) is 0.949. The zero-order chi connectivity index (χ0) is 10.4. The molecular formula is C10H20N4. The van der Waals surface area contributed by atoms with E-state index in [-0.39, 0.29) is 0 Å². The molecule has 0 fully saturated rings. The average Bonchev–Trinajstić information content (AvgIpc) is 2.65. The van der Waals surface area contributed by atoms with Crippen LogP contribution in [0.3, 0.4) is 0 Å². The Hall–Kier alpha value is -1.03. The number of imidazole rings is 1. The monoisotopic (exact) mass is 196 g/mol. The zero-order valence-electron chi connectivity index (χ0n) is 9.32. The summed E-state index contributed by atoms with van der Waals surface area (Å²) >= 11 is 0. The molecule has 1 N–H and O–H groups in total. The van der Waals surface area contributed by atoms with Crippen LogP contribution in [-0.2, 0) is 6.54 Å². The first-order chi connectivity index (χ1) is 6.79. The average molecular weight is 196 g/mol. The van der Waals surface area contributed by atoms with Gasteiger partial charge in [0.15, 0.2) is 0 Å². The molecule has 4 nitrogen and oxygen atoms in total. The smallest absolute Gasteiger partial charge is 0.205 e. The summed E-state index contributed by atoms with van der Waals surface area (Å²) in [7, 11) is 4.07. The van der Waals surface area contributed by atoms with Gasteiger partial charge in [-0.3, -0.25) is 0 Å². The minimum atomic E-state index is 0.978. The van der Waals surface area contributed by atoms with Gasteiger partial charge in [0.1, 0.15) is 0 Å². The fourth-order valence-electron chi connectivity index (χ4n) is 1.48. The van der Waals surface area contributed by atoms with Gasteiger partial charge < -0.3 is 14.8 Å². The van der Waals surface area contributed by atoms with Crippen LogP contribution in [0.1, 0.15) is 13.3 Å². The van der Waals surface area contributed by atoms with E-state index >= 15 is 0 Å². The van der Waals surface area contributed by atoms with Gasteiger partial charge in [0.25, 0.3) is 0 Å². The highest BCUT2D eigenvalue weighted by Crippen LogP contribution is 2.09. The molecule has 0 unspecified atom stereocenters. The molecule has 4 heteroatoms. The van der Waals surface area contributed by atoms with Crippen molar-refractivity contribution in [3.63, 3.8) is 0 Å². The predicted molar refractivity (Wildman–Crippen MR) is 59.7 cm³/mol. The first-order valence-electron chi connectivity index (χ1n) is 5.16. The van der Waals surface area contributed by atoms with Crippen molar-refractivity contribution in [2.45, 2.75) is 19.9 Å². The van der Waals surface area contributed by atoms with Gasteiger partial charge in [-0.2, -0.15) is 0 Å². The summed E-state index contributed by atoms with van der Waals surface area (Å²) in [6.45, 7) is 5.20. The Kier molecular flexibility index (Phi) is 4.46. The first-order valence-corrected chi connectivity index (χ1v) is 5.16. The summed E-state index contributed by atoms with van der Waals surface area (Å²) in [5.41, 5.74) is 0. The molecule has 0 bridgehead atoms. The molecule has 0 aliphatic rings. The molecule has 0 aliphatic heterocycles. The Bertz CT molecular complexity index is 256. The van der Waals surface area contributed by atoms with Gasteiger partial charge in [-0.1, -0.05) is 0 Å². The zero-order valence-corrected chi connectivity index (χ0v) is 9.32. The molecule has 0 aliphatic carbocycles. The van der Waals surface area contributed by atoms with E-state index in [1.54, 1.807) is 0 Å². The number of hydrogen-bond donors (Lipinski definition) is 1. The lowest BCUT2D eigenvalue weighted by atomic mass is 10.4. The lowest BCUT2D eigenvalue weighted by Crippen LogP contribution is -2.24. The summed E-state index contributed by atoms with van der Waals surface area (Å²) in [6.07, 6.45) is 5.01. The van der Waals surface area contributed by atoms with E-state index in [0.29, 0.717) is 0 Å². The summed E-state index contributed by atoms with van der Waals surface area (Å²) in [4.78, 5) is 6.53. The summed E-state index contributed by atoms with van der Waals surface area (Å²) in [6, 6.07) is 0. The van der Waals surface area contributed by atoms with Crippen LogP contribution in [0, 0.1) is 0 Å². The lowest BCUT2D eigenvalue weighted by Gasteiger charge is -2.18. The Balaban J connectivity index is 2.47. The highest BCUT2D eigenvalue weighted by molar-refractivity contribution is 5.29. The topological polar surface area (TPSA) is 33.1 Å². The van der Waals surface area contributed by atoms with Crippen molar-refractivity contribution in [1.29, 1.82) is 0 Å². The molecular weight excluding hydrogens is 176 g/mol. The first kappa shape index (κ1) is 11.0. The van der Waals surface area contributed by atoms with Crippen molar-refractivity contribution < 1.29 is 0 Å². The van der Waals surface area contributed by atoms with E-state index in [2.05, 4.69) is 33.7 Å². The summed E-state index contributed by atoms with van der Waals surface area (Å²) in [5, 5.41) is 3.14. The second-order valence-electron chi connectivity index (χ2n) is 3.39. The van der Waals surface area contributed by atoms with E-state index in [1.807, 2.05) is 19.4 Å². The maximum atomic E-state index is 4.33. The van der Waals surface area contributed by atoms with Crippen molar-refractivity contribution in [2.75, 3.05) is 32.1 Å². The van der Waals surface area contributed by atoms with Gasteiger partial charge in [0.05, 0.1) is 0 Å². The van der Waals surface area contributed by atoms with Crippen LogP contribution in [-0.4, -0.2) is 36.7 Å². The Morgan fingerprint density at radius 2 is 2.36 bits per heavy atom. The Labute approximate surface area is 85.9 Å². The molecule has 0 atom stereocenters. The molecule has 1 heterocycles. The largest absolute Gasteiger partial charge is 0.345 e. The molecule has 0 aromatic carbocycles. The third kappa shape index (κ3) is 2.73. The number of nitrogens with zero attached hydrogens (tertiary/aromatic N) is 3. The molecule has 0 saturated heterocycles. The van der Waals surface area contributed by atoms with Gasteiger partial charge in [-0.25, -0.2) is 4.98 Å². The third-order valence-corrected chi connectivity index (χ3v) is 2.30. The normalized spacial score (nSPS) is 10.5. The molecule has 1 aromatic heterocycles. The van der Waals surface area contributed by atoms with Crippen molar-refractivity contribution in [3.05, 3.63) is 12.4 Å². The summed E-state index contributed by atoms with van der Waals surface area (Å²) < 4.78 is 2.15. The summed E-state index contributed by atoms with van der Waals surface area (Å²) in [5.74, 6) is 1.06. The van der Waals surface area contributed by atoms with Crippen LogP contribution >= 0.6 is 0 Å². The van der Waals surface area contributed by atoms with Gasteiger partial charge in [-0.15, -0.1) is 0 Å². The van der Waals surface area contributed by atoms with Crippen LogP contribution in [0.25, 0.3) is 0 Å². The van der Waals surface area contributed by atoms with Crippen LogP contribution in [0.2, 0.25) is 0 Å². The number of nitrogens with one attached hydrogen (secondary N) is 1. The number of rotatable bonds is 6. The van der Waals surface area contributed by atoms with E-state index in [4.69, 9.17) is 0 Å². The standard InChI is InChI=1S/C10H20N4/c1-4-14-9-7-12-10(14)13(3)8-5-6-11-2/h7,9,11H,4-6,8H2,1-3H3.